The molecule has 0 aliphatic carbocycles. The molecule has 2 aromatic carbocycles. The molecule has 0 saturated carbocycles. The van der Waals surface area contributed by atoms with Gasteiger partial charge in [-0.15, -0.1) is 0 Å². The third-order valence-corrected chi connectivity index (χ3v) is 7.37. The normalized spacial score (nSPS) is 17.0. The van der Waals surface area contributed by atoms with Crippen molar-refractivity contribution in [1.82, 2.24) is 19.4 Å². The number of carboxylic acid groups (broad SMARTS) is 1. The zero-order chi connectivity index (χ0) is 31.1. The highest BCUT2D eigenvalue weighted by Crippen LogP contribution is 2.29. The minimum absolute atomic E-state index is 0.0721. The van der Waals surface area contributed by atoms with Crippen LogP contribution in [0.1, 0.15) is 47.3 Å². The number of imidazole rings is 1. The van der Waals surface area contributed by atoms with Gasteiger partial charge in [-0.2, -0.15) is 13.2 Å². The highest BCUT2D eigenvalue weighted by Gasteiger charge is 2.38. The maximum atomic E-state index is 13.4. The summed E-state index contributed by atoms with van der Waals surface area (Å²) in [6.45, 7) is 4.07. The molecule has 9 nitrogen and oxygen atoms in total. The Morgan fingerprint density at radius 1 is 1.07 bits per heavy atom. The molecule has 2 saturated heterocycles. The number of rotatable bonds is 5. The smallest absolute Gasteiger partial charge is 0.490 e. The van der Waals surface area contributed by atoms with E-state index in [1.165, 1.54) is 0 Å². The first-order chi connectivity index (χ1) is 20.5. The average Bonchev–Trinajstić information content (AvgIpc) is 3.44. The summed E-state index contributed by atoms with van der Waals surface area (Å²) in [7, 11) is 1.65. The Labute approximate surface area is 247 Å². The SMILES string of the molecule is COc1cc(/C=C2\CCCN(C3CCN(C(=O)c4ccccc4)CC3)C2=O)ccc1-n1cnc(C)c1.O=C(O)C(F)(F)F. The molecule has 1 N–H and O–H groups in total. The first-order valence-electron chi connectivity index (χ1n) is 13.8. The summed E-state index contributed by atoms with van der Waals surface area (Å²) in [6, 6.07) is 15.6. The van der Waals surface area contributed by atoms with E-state index in [0.29, 0.717) is 13.1 Å². The van der Waals surface area contributed by atoms with E-state index >= 15 is 0 Å². The Bertz CT molecular complexity index is 1480. The van der Waals surface area contributed by atoms with E-state index in [0.717, 1.165) is 66.1 Å². The van der Waals surface area contributed by atoms with Crippen LogP contribution in [0, 0.1) is 6.92 Å². The zero-order valence-corrected chi connectivity index (χ0v) is 23.9. The number of benzene rings is 2. The van der Waals surface area contributed by atoms with Gasteiger partial charge in [-0.1, -0.05) is 24.3 Å². The molecule has 0 atom stereocenters. The third kappa shape index (κ3) is 7.82. The van der Waals surface area contributed by atoms with E-state index in [1.807, 2.05) is 82.1 Å². The predicted molar refractivity (Wildman–Crippen MR) is 153 cm³/mol. The van der Waals surface area contributed by atoms with Crippen molar-refractivity contribution in [2.75, 3.05) is 26.7 Å². The van der Waals surface area contributed by atoms with Gasteiger partial charge in [0.05, 0.1) is 24.8 Å². The minimum atomic E-state index is -5.08. The van der Waals surface area contributed by atoms with Gasteiger partial charge in [0, 0.05) is 43.0 Å². The van der Waals surface area contributed by atoms with Gasteiger partial charge in [-0.3, -0.25) is 9.59 Å². The number of amides is 2. The second-order valence-corrected chi connectivity index (χ2v) is 10.3. The van der Waals surface area contributed by atoms with Crippen LogP contribution in [-0.4, -0.2) is 81.2 Å². The summed E-state index contributed by atoms with van der Waals surface area (Å²) in [5.74, 6) is -1.84. The molecule has 2 aliphatic rings. The number of aryl methyl sites for hydroxylation is 1. The number of likely N-dealkylation sites (tertiary alicyclic amines) is 2. The van der Waals surface area contributed by atoms with Crippen LogP contribution in [0.3, 0.4) is 0 Å². The molecule has 2 fully saturated rings. The second-order valence-electron chi connectivity index (χ2n) is 10.3. The molecular weight excluding hydrogens is 565 g/mol. The Morgan fingerprint density at radius 2 is 1.74 bits per heavy atom. The molecule has 0 unspecified atom stereocenters. The van der Waals surface area contributed by atoms with E-state index in [2.05, 4.69) is 4.98 Å². The van der Waals surface area contributed by atoms with Gasteiger partial charge in [0.1, 0.15) is 5.75 Å². The number of carbonyl (C=O) groups excluding carboxylic acids is 2. The van der Waals surface area contributed by atoms with Crippen LogP contribution in [-0.2, 0) is 9.59 Å². The first kappa shape index (κ1) is 31.3. The summed E-state index contributed by atoms with van der Waals surface area (Å²) >= 11 is 0. The van der Waals surface area contributed by atoms with E-state index in [4.69, 9.17) is 14.6 Å². The monoisotopic (exact) mass is 598 g/mol. The number of alkyl halides is 3. The first-order valence-corrected chi connectivity index (χ1v) is 13.8. The van der Waals surface area contributed by atoms with Gasteiger partial charge in [0.25, 0.3) is 5.91 Å². The highest BCUT2D eigenvalue weighted by atomic mass is 19.4. The molecule has 43 heavy (non-hydrogen) atoms. The number of methoxy groups -OCH3 is 1. The summed E-state index contributed by atoms with van der Waals surface area (Å²) < 4.78 is 39.3. The number of hydrogen-bond acceptors (Lipinski definition) is 5. The van der Waals surface area contributed by atoms with Gasteiger partial charge < -0.3 is 24.2 Å². The summed E-state index contributed by atoms with van der Waals surface area (Å²) in [5.41, 5.74) is 4.35. The summed E-state index contributed by atoms with van der Waals surface area (Å²) in [4.78, 5) is 43.4. The number of piperidine rings is 2. The standard InChI is InChI=1S/C29H32N4O3.C2HF3O2/c1-21-19-32(20-30-21)26-11-10-22(18-27(26)36-2)17-24-9-6-14-33(29(24)35)25-12-15-31(16-13-25)28(34)23-7-4-3-5-8-23;3-2(4,5)1(6)7/h3-5,7-8,10-11,17-20,25H,6,9,12-16H2,1-2H3;(H,6,7)/b24-17+;. The quantitative estimate of drug-likeness (QED) is 0.409. The lowest BCUT2D eigenvalue weighted by Gasteiger charge is -2.40. The molecule has 5 rings (SSSR count). The van der Waals surface area contributed by atoms with Crippen molar-refractivity contribution in [3.05, 3.63) is 83.4 Å². The Kier molecular flexibility index (Phi) is 9.89. The summed E-state index contributed by atoms with van der Waals surface area (Å²) in [6.07, 6.45) is 3.97. The van der Waals surface area contributed by atoms with E-state index in [-0.39, 0.29) is 17.9 Å². The topological polar surface area (TPSA) is 105 Å². The molecule has 2 aliphatic heterocycles. The molecular formula is C31H33F3N4O5. The highest BCUT2D eigenvalue weighted by molar-refractivity contribution is 5.99. The average molecular weight is 599 g/mol. The van der Waals surface area contributed by atoms with Crippen LogP contribution in [0.4, 0.5) is 13.2 Å². The van der Waals surface area contributed by atoms with Gasteiger partial charge in [-0.25, -0.2) is 9.78 Å². The number of aromatic nitrogens is 2. The molecule has 228 valence electrons. The lowest BCUT2D eigenvalue weighted by molar-refractivity contribution is -0.192. The molecule has 2 amide bonds. The molecule has 0 spiro atoms. The lowest BCUT2D eigenvalue weighted by Crippen LogP contribution is -2.50. The van der Waals surface area contributed by atoms with E-state index < -0.39 is 12.1 Å². The largest absolute Gasteiger partial charge is 0.495 e. The number of ether oxygens (including phenoxy) is 1. The van der Waals surface area contributed by atoms with Crippen LogP contribution < -0.4 is 4.74 Å². The fourth-order valence-electron chi connectivity index (χ4n) is 5.21. The van der Waals surface area contributed by atoms with Crippen LogP contribution in [0.2, 0.25) is 0 Å². The van der Waals surface area contributed by atoms with Crippen LogP contribution >= 0.6 is 0 Å². The number of halogens is 3. The molecule has 3 heterocycles. The van der Waals surface area contributed by atoms with Crippen molar-refractivity contribution in [3.8, 4) is 11.4 Å². The molecule has 12 heteroatoms. The van der Waals surface area contributed by atoms with Gasteiger partial charge in [-0.05, 0) is 68.5 Å². The van der Waals surface area contributed by atoms with Crippen molar-refractivity contribution >= 4 is 23.9 Å². The molecule has 0 radical (unpaired) electrons. The van der Waals surface area contributed by atoms with Crippen molar-refractivity contribution in [1.29, 1.82) is 0 Å². The van der Waals surface area contributed by atoms with Gasteiger partial charge in [0.15, 0.2) is 0 Å². The fourth-order valence-corrected chi connectivity index (χ4v) is 5.21. The number of nitrogens with zero attached hydrogens (tertiary/aromatic N) is 4. The van der Waals surface area contributed by atoms with Gasteiger partial charge in [0.2, 0.25) is 5.91 Å². The van der Waals surface area contributed by atoms with E-state index in [9.17, 15) is 22.8 Å². The zero-order valence-electron chi connectivity index (χ0n) is 23.9. The maximum Gasteiger partial charge on any atom is 0.490 e. The fraction of sp³-hybridized carbons (Fsp3) is 0.355. The van der Waals surface area contributed by atoms with Crippen molar-refractivity contribution < 1.29 is 37.4 Å². The Balaban J connectivity index is 0.000000541. The van der Waals surface area contributed by atoms with Crippen LogP contribution in [0.5, 0.6) is 5.75 Å². The number of carbonyl (C=O) groups is 3. The summed E-state index contributed by atoms with van der Waals surface area (Å²) in [5, 5.41) is 7.12. The Hall–Kier alpha value is -4.61. The number of aliphatic carboxylic acids is 1. The van der Waals surface area contributed by atoms with Crippen molar-refractivity contribution in [3.63, 3.8) is 0 Å². The third-order valence-electron chi connectivity index (χ3n) is 7.37. The predicted octanol–water partition coefficient (Wildman–Crippen LogP) is 5.13. The molecule has 1 aromatic heterocycles. The number of carboxylic acids is 1. The second kappa shape index (κ2) is 13.6. The number of hydrogen-bond donors (Lipinski definition) is 1. The van der Waals surface area contributed by atoms with E-state index in [1.54, 1.807) is 13.4 Å². The van der Waals surface area contributed by atoms with Crippen molar-refractivity contribution in [2.24, 2.45) is 0 Å². The van der Waals surface area contributed by atoms with Crippen molar-refractivity contribution in [2.45, 2.75) is 44.8 Å². The maximum absolute atomic E-state index is 13.4. The molecule has 3 aromatic rings. The van der Waals surface area contributed by atoms with Crippen LogP contribution in [0.15, 0.2) is 66.6 Å². The molecule has 0 bridgehead atoms. The minimum Gasteiger partial charge on any atom is -0.495 e. The lowest BCUT2D eigenvalue weighted by atomic mass is 9.95. The van der Waals surface area contributed by atoms with Gasteiger partial charge >= 0.3 is 12.1 Å². The Morgan fingerprint density at radius 3 is 2.33 bits per heavy atom. The van der Waals surface area contributed by atoms with Crippen LogP contribution in [0.25, 0.3) is 11.8 Å².